The van der Waals surface area contributed by atoms with Crippen molar-refractivity contribution in [2.75, 3.05) is 32.0 Å². The number of aromatic nitrogens is 2. The lowest BCUT2D eigenvalue weighted by Gasteiger charge is -2.15. The molecular formula is C25H24N4O5. The second kappa shape index (κ2) is 9.95. The molecule has 1 heterocycles. The molecule has 174 valence electrons. The molecule has 0 saturated carbocycles. The maximum atomic E-state index is 11.3. The highest BCUT2D eigenvalue weighted by Crippen LogP contribution is 2.40. The van der Waals surface area contributed by atoms with Gasteiger partial charge in [0.15, 0.2) is 17.3 Å². The van der Waals surface area contributed by atoms with Gasteiger partial charge in [-0.25, -0.2) is 0 Å². The maximum absolute atomic E-state index is 11.3. The van der Waals surface area contributed by atoms with Crippen molar-refractivity contribution in [3.63, 3.8) is 0 Å². The van der Waals surface area contributed by atoms with Gasteiger partial charge < -0.3 is 29.6 Å². The minimum Gasteiger partial charge on any atom is -0.493 e. The molecular weight excluding hydrogens is 436 g/mol. The van der Waals surface area contributed by atoms with Crippen molar-refractivity contribution < 1.29 is 23.7 Å². The van der Waals surface area contributed by atoms with Crippen molar-refractivity contribution in [2.45, 2.75) is 6.92 Å². The molecule has 9 heteroatoms. The molecule has 3 aromatic carbocycles. The number of ether oxygens (including phenoxy) is 4. The van der Waals surface area contributed by atoms with Crippen molar-refractivity contribution >= 4 is 33.9 Å². The number of rotatable bonds is 8. The van der Waals surface area contributed by atoms with Crippen molar-refractivity contribution in [3.05, 3.63) is 60.9 Å². The molecule has 0 radical (unpaired) electrons. The molecule has 0 unspecified atom stereocenters. The molecule has 9 nitrogen and oxygen atoms in total. The van der Waals surface area contributed by atoms with E-state index in [0.29, 0.717) is 46.1 Å². The van der Waals surface area contributed by atoms with E-state index in [1.54, 1.807) is 39.7 Å². The summed E-state index contributed by atoms with van der Waals surface area (Å²) in [5, 5.41) is 7.76. The second-order valence-corrected chi connectivity index (χ2v) is 7.26. The average Bonchev–Trinajstić information content (AvgIpc) is 2.83. The van der Waals surface area contributed by atoms with Crippen LogP contribution in [0.3, 0.4) is 0 Å². The van der Waals surface area contributed by atoms with E-state index in [2.05, 4.69) is 20.6 Å². The number of nitrogens with zero attached hydrogens (tertiary/aromatic N) is 2. The molecule has 1 amide bonds. The number of nitrogens with one attached hydrogen (secondary N) is 2. The smallest absolute Gasteiger partial charge is 0.239 e. The van der Waals surface area contributed by atoms with Gasteiger partial charge in [0.25, 0.3) is 0 Å². The molecule has 4 rings (SSSR count). The third-order valence-corrected chi connectivity index (χ3v) is 4.92. The fourth-order valence-electron chi connectivity index (χ4n) is 3.50. The van der Waals surface area contributed by atoms with E-state index in [1.807, 2.05) is 36.4 Å². The molecule has 0 spiro atoms. The summed E-state index contributed by atoms with van der Waals surface area (Å²) in [7, 11) is 4.66. The molecule has 4 aromatic rings. The van der Waals surface area contributed by atoms with Crippen molar-refractivity contribution in [1.29, 1.82) is 0 Å². The normalized spacial score (nSPS) is 10.5. The molecule has 0 atom stereocenters. The predicted molar refractivity (Wildman–Crippen MR) is 130 cm³/mol. The second-order valence-electron chi connectivity index (χ2n) is 7.26. The van der Waals surface area contributed by atoms with E-state index in [4.69, 9.17) is 18.9 Å². The Kier molecular flexibility index (Phi) is 6.63. The first-order chi connectivity index (χ1) is 16.5. The van der Waals surface area contributed by atoms with Crippen LogP contribution in [-0.2, 0) is 4.79 Å². The van der Waals surface area contributed by atoms with E-state index >= 15 is 0 Å². The molecule has 34 heavy (non-hydrogen) atoms. The van der Waals surface area contributed by atoms with Gasteiger partial charge in [0, 0.05) is 35.8 Å². The Bertz CT molecular complexity index is 1320. The number of benzene rings is 3. The SMILES string of the molecule is COc1cc(Nc2cncc(Oc3cccc4cc(NC(C)=O)ccc34)n2)cc(OC)c1OC. The molecule has 0 saturated heterocycles. The lowest BCUT2D eigenvalue weighted by molar-refractivity contribution is -0.114. The predicted octanol–water partition coefficient (Wildman–Crippen LogP) is 5.15. The number of hydrogen-bond donors (Lipinski definition) is 2. The standard InChI is InChI=1S/C25H24N4O5/c1-15(30)27-17-8-9-19-16(10-17)6-5-7-20(19)34-24-14-26-13-23(29-24)28-18-11-21(31-2)25(33-4)22(12-18)32-3/h5-14H,1-4H3,(H,27,30)(H,28,29). The van der Waals surface area contributed by atoms with Gasteiger partial charge in [-0.15, -0.1) is 0 Å². The van der Waals surface area contributed by atoms with Crippen LogP contribution in [0.5, 0.6) is 28.9 Å². The van der Waals surface area contributed by atoms with Crippen LogP contribution in [0.1, 0.15) is 6.92 Å². The van der Waals surface area contributed by atoms with Crippen LogP contribution in [-0.4, -0.2) is 37.2 Å². The summed E-state index contributed by atoms with van der Waals surface area (Å²) in [5.74, 6) is 2.80. The summed E-state index contributed by atoms with van der Waals surface area (Å²) in [6.07, 6.45) is 3.11. The van der Waals surface area contributed by atoms with E-state index in [1.165, 1.54) is 13.1 Å². The Morgan fingerprint density at radius 1 is 0.853 bits per heavy atom. The third-order valence-electron chi connectivity index (χ3n) is 4.92. The van der Waals surface area contributed by atoms with E-state index in [0.717, 1.165) is 10.8 Å². The Balaban J connectivity index is 1.59. The lowest BCUT2D eigenvalue weighted by Crippen LogP contribution is -2.05. The summed E-state index contributed by atoms with van der Waals surface area (Å²) in [5.41, 5.74) is 1.39. The van der Waals surface area contributed by atoms with Gasteiger partial charge in [-0.1, -0.05) is 12.1 Å². The van der Waals surface area contributed by atoms with Crippen LogP contribution >= 0.6 is 0 Å². The van der Waals surface area contributed by atoms with Gasteiger partial charge in [-0.3, -0.25) is 9.78 Å². The van der Waals surface area contributed by atoms with Crippen LogP contribution in [0.15, 0.2) is 60.9 Å². The van der Waals surface area contributed by atoms with Crippen LogP contribution in [0.25, 0.3) is 10.8 Å². The monoisotopic (exact) mass is 460 g/mol. The fraction of sp³-hybridized carbons (Fsp3) is 0.160. The van der Waals surface area contributed by atoms with Crippen molar-refractivity contribution in [1.82, 2.24) is 9.97 Å². The van der Waals surface area contributed by atoms with E-state index < -0.39 is 0 Å². The Morgan fingerprint density at radius 3 is 2.29 bits per heavy atom. The quantitative estimate of drug-likeness (QED) is 0.372. The summed E-state index contributed by atoms with van der Waals surface area (Å²) in [6.45, 7) is 1.47. The van der Waals surface area contributed by atoms with Gasteiger partial charge in [-0.05, 0) is 29.7 Å². The van der Waals surface area contributed by atoms with Crippen LogP contribution < -0.4 is 29.6 Å². The number of amides is 1. The van der Waals surface area contributed by atoms with Crippen LogP contribution in [0, 0.1) is 0 Å². The Labute approximate surface area is 196 Å². The minimum absolute atomic E-state index is 0.126. The maximum Gasteiger partial charge on any atom is 0.239 e. The number of carbonyl (C=O) groups excluding carboxylic acids is 1. The zero-order valence-corrected chi connectivity index (χ0v) is 19.2. The van der Waals surface area contributed by atoms with Gasteiger partial charge in [0.1, 0.15) is 5.75 Å². The Hall–Kier alpha value is -4.53. The number of anilines is 3. The highest BCUT2D eigenvalue weighted by molar-refractivity contribution is 5.95. The first kappa shape index (κ1) is 22.7. The summed E-state index contributed by atoms with van der Waals surface area (Å²) >= 11 is 0. The van der Waals surface area contributed by atoms with Crippen molar-refractivity contribution in [3.8, 4) is 28.9 Å². The number of hydrogen-bond acceptors (Lipinski definition) is 8. The van der Waals surface area contributed by atoms with E-state index in [-0.39, 0.29) is 5.91 Å². The highest BCUT2D eigenvalue weighted by Gasteiger charge is 2.14. The van der Waals surface area contributed by atoms with Gasteiger partial charge in [0.2, 0.25) is 17.5 Å². The first-order valence-electron chi connectivity index (χ1n) is 10.4. The van der Waals surface area contributed by atoms with Crippen LogP contribution in [0.4, 0.5) is 17.2 Å². The highest BCUT2D eigenvalue weighted by atomic mass is 16.5. The number of carbonyl (C=O) groups is 1. The molecule has 0 aliphatic carbocycles. The zero-order valence-electron chi connectivity index (χ0n) is 19.2. The fourth-order valence-corrected chi connectivity index (χ4v) is 3.50. The van der Waals surface area contributed by atoms with Crippen molar-refractivity contribution in [2.24, 2.45) is 0 Å². The zero-order chi connectivity index (χ0) is 24.1. The number of methoxy groups -OCH3 is 3. The summed E-state index contributed by atoms with van der Waals surface area (Å²) in [4.78, 5) is 20.1. The molecule has 1 aromatic heterocycles. The van der Waals surface area contributed by atoms with E-state index in [9.17, 15) is 4.79 Å². The minimum atomic E-state index is -0.126. The number of fused-ring (bicyclic) bond motifs is 1. The third kappa shape index (κ3) is 4.93. The van der Waals surface area contributed by atoms with Gasteiger partial charge in [0.05, 0.1) is 33.7 Å². The molecule has 0 aliphatic rings. The molecule has 0 bridgehead atoms. The first-order valence-corrected chi connectivity index (χ1v) is 10.4. The van der Waals surface area contributed by atoms with Gasteiger partial charge >= 0.3 is 0 Å². The average molecular weight is 460 g/mol. The molecule has 0 fully saturated rings. The summed E-state index contributed by atoms with van der Waals surface area (Å²) in [6, 6.07) is 14.8. The van der Waals surface area contributed by atoms with Crippen LogP contribution in [0.2, 0.25) is 0 Å². The molecule has 2 N–H and O–H groups in total. The molecule has 0 aliphatic heterocycles. The topological polar surface area (TPSA) is 104 Å². The summed E-state index contributed by atoms with van der Waals surface area (Å²) < 4.78 is 22.2. The lowest BCUT2D eigenvalue weighted by atomic mass is 10.1. The Morgan fingerprint density at radius 2 is 1.62 bits per heavy atom. The largest absolute Gasteiger partial charge is 0.493 e. The van der Waals surface area contributed by atoms with Gasteiger partial charge in [-0.2, -0.15) is 4.98 Å².